The third-order valence-electron chi connectivity index (χ3n) is 11.2. The Morgan fingerprint density at radius 2 is 0.875 bits per heavy atom. The van der Waals surface area contributed by atoms with Crippen LogP contribution in [0, 0.1) is 0 Å². The Kier molecular flexibility index (Phi) is 7.53. The summed E-state index contributed by atoms with van der Waals surface area (Å²) in [5.41, 5.74) is 12.1. The number of furan rings is 1. The highest BCUT2D eigenvalue weighted by Crippen LogP contribution is 2.50. The van der Waals surface area contributed by atoms with Crippen LogP contribution in [0.2, 0.25) is 0 Å². The van der Waals surface area contributed by atoms with E-state index in [1.54, 1.807) is 0 Å². The quantitative estimate of drug-likeness (QED) is 0.171. The average Bonchev–Trinajstić information content (AvgIpc) is 3.64. The van der Waals surface area contributed by atoms with Crippen molar-refractivity contribution in [2.24, 2.45) is 0 Å². The molecule has 0 saturated carbocycles. The number of benzene rings is 10. The molecule has 0 radical (unpaired) electrons. The second-order valence-electron chi connectivity index (χ2n) is 14.4. The first-order valence-electron chi connectivity index (χ1n) is 19.2. The molecule has 10 aromatic carbocycles. The van der Waals surface area contributed by atoms with Gasteiger partial charge in [0.1, 0.15) is 11.2 Å². The van der Waals surface area contributed by atoms with E-state index in [1.165, 1.54) is 60.1 Å². The summed E-state index contributed by atoms with van der Waals surface area (Å²) in [6, 6.07) is 76.8. The van der Waals surface area contributed by atoms with Gasteiger partial charge in [0.2, 0.25) is 0 Å². The number of para-hydroxylation sites is 1. The topological polar surface area (TPSA) is 16.4 Å². The molecule has 0 saturated heterocycles. The van der Waals surface area contributed by atoms with E-state index in [9.17, 15) is 0 Å². The van der Waals surface area contributed by atoms with Crippen LogP contribution in [0.4, 0.5) is 17.1 Å². The van der Waals surface area contributed by atoms with E-state index in [0.717, 1.165) is 44.6 Å². The second-order valence-corrected chi connectivity index (χ2v) is 14.4. The van der Waals surface area contributed by atoms with Gasteiger partial charge >= 0.3 is 0 Å². The Bertz CT molecular complexity index is 3260. The lowest BCUT2D eigenvalue weighted by atomic mass is 9.90. The summed E-state index contributed by atoms with van der Waals surface area (Å²) in [4.78, 5) is 2.48. The normalized spacial score (nSPS) is 11.6. The van der Waals surface area contributed by atoms with Crippen LogP contribution < -0.4 is 4.90 Å². The number of hydrogen-bond acceptors (Lipinski definition) is 2. The molecular formula is C54H35NO. The number of hydrogen-bond donors (Lipinski definition) is 0. The van der Waals surface area contributed by atoms with E-state index < -0.39 is 0 Å². The van der Waals surface area contributed by atoms with Gasteiger partial charge in [-0.1, -0.05) is 170 Å². The molecule has 0 aliphatic heterocycles. The molecule has 2 heteroatoms. The molecule has 0 bridgehead atoms. The summed E-state index contributed by atoms with van der Waals surface area (Å²) in [6.07, 6.45) is 0. The first kappa shape index (κ1) is 32.0. The lowest BCUT2D eigenvalue weighted by molar-refractivity contribution is 0.669. The standard InChI is InChI=1S/C54H35NO/c1-2-14-36(15-3-1)40-29-31-50(48(34-40)45-25-12-19-37-16-4-7-21-42(37)45)55(41-30-33-53-49(35-41)46-24-10-11-27-52(46)56-53)51-32-28-39-18-6-9-23-44(39)54(51)47-26-13-20-38-17-5-8-22-43(38)47/h1-35H. The molecular weight excluding hydrogens is 679 g/mol. The summed E-state index contributed by atoms with van der Waals surface area (Å²) < 4.78 is 6.38. The molecule has 11 aromatic rings. The van der Waals surface area contributed by atoms with E-state index in [4.69, 9.17) is 4.42 Å². The van der Waals surface area contributed by atoms with Gasteiger partial charge in [-0.25, -0.2) is 0 Å². The SMILES string of the molecule is c1ccc(-c2ccc(N(c3ccc4oc5ccccc5c4c3)c3ccc4ccccc4c3-c3cccc4ccccc34)c(-c3cccc4ccccc34)c2)cc1. The lowest BCUT2D eigenvalue weighted by Crippen LogP contribution is -2.13. The predicted molar refractivity (Wildman–Crippen MR) is 237 cm³/mol. The first-order chi connectivity index (χ1) is 27.8. The Morgan fingerprint density at radius 1 is 0.304 bits per heavy atom. The van der Waals surface area contributed by atoms with Gasteiger partial charge < -0.3 is 9.32 Å². The molecule has 0 atom stereocenters. The molecule has 262 valence electrons. The zero-order valence-electron chi connectivity index (χ0n) is 30.6. The monoisotopic (exact) mass is 713 g/mol. The Labute approximate surface area is 325 Å². The van der Waals surface area contributed by atoms with E-state index in [0.29, 0.717) is 0 Å². The summed E-state index contributed by atoms with van der Waals surface area (Å²) in [5, 5.41) is 9.45. The molecule has 0 aliphatic carbocycles. The van der Waals surface area contributed by atoms with Crippen LogP contribution in [0.25, 0.3) is 87.6 Å². The van der Waals surface area contributed by atoms with Crippen LogP contribution in [0.5, 0.6) is 0 Å². The van der Waals surface area contributed by atoms with Crippen molar-refractivity contribution in [1.82, 2.24) is 0 Å². The van der Waals surface area contributed by atoms with Gasteiger partial charge in [0, 0.05) is 27.6 Å². The number of anilines is 3. The molecule has 11 rings (SSSR count). The maximum Gasteiger partial charge on any atom is 0.135 e. The van der Waals surface area contributed by atoms with Gasteiger partial charge in [-0.2, -0.15) is 0 Å². The molecule has 0 fully saturated rings. The summed E-state index contributed by atoms with van der Waals surface area (Å²) in [6.45, 7) is 0. The molecule has 1 aromatic heterocycles. The van der Waals surface area contributed by atoms with Crippen LogP contribution in [-0.2, 0) is 0 Å². The van der Waals surface area contributed by atoms with Crippen LogP contribution in [0.15, 0.2) is 217 Å². The summed E-state index contributed by atoms with van der Waals surface area (Å²) in [7, 11) is 0. The molecule has 0 aliphatic rings. The fourth-order valence-electron chi connectivity index (χ4n) is 8.65. The number of rotatable bonds is 6. The zero-order chi connectivity index (χ0) is 37.0. The number of nitrogens with zero attached hydrogens (tertiary/aromatic N) is 1. The largest absolute Gasteiger partial charge is 0.456 e. The van der Waals surface area contributed by atoms with Crippen molar-refractivity contribution < 1.29 is 4.42 Å². The van der Waals surface area contributed by atoms with Crippen molar-refractivity contribution in [1.29, 1.82) is 0 Å². The first-order valence-corrected chi connectivity index (χ1v) is 19.2. The Balaban J connectivity index is 1.28. The molecule has 1 heterocycles. The fraction of sp³-hybridized carbons (Fsp3) is 0. The van der Waals surface area contributed by atoms with Gasteiger partial charge in [0.05, 0.1) is 11.4 Å². The highest BCUT2D eigenvalue weighted by atomic mass is 16.3. The van der Waals surface area contributed by atoms with Crippen LogP contribution in [0.3, 0.4) is 0 Å². The number of fused-ring (bicyclic) bond motifs is 6. The smallest absolute Gasteiger partial charge is 0.135 e. The zero-order valence-corrected chi connectivity index (χ0v) is 30.6. The van der Waals surface area contributed by atoms with E-state index in [-0.39, 0.29) is 0 Å². The highest BCUT2D eigenvalue weighted by molar-refractivity contribution is 6.13. The van der Waals surface area contributed by atoms with Crippen LogP contribution in [0.1, 0.15) is 0 Å². The fourth-order valence-corrected chi connectivity index (χ4v) is 8.65. The van der Waals surface area contributed by atoms with Crippen molar-refractivity contribution in [3.63, 3.8) is 0 Å². The van der Waals surface area contributed by atoms with Gasteiger partial charge in [0.15, 0.2) is 0 Å². The van der Waals surface area contributed by atoms with Crippen molar-refractivity contribution >= 4 is 71.3 Å². The van der Waals surface area contributed by atoms with E-state index >= 15 is 0 Å². The van der Waals surface area contributed by atoms with Gasteiger partial charge in [-0.05, 0) is 97.0 Å². The Hall–Kier alpha value is -7.42. The molecule has 0 spiro atoms. The minimum absolute atomic E-state index is 0.872. The third kappa shape index (κ3) is 5.26. The van der Waals surface area contributed by atoms with Gasteiger partial charge in [-0.3, -0.25) is 0 Å². The average molecular weight is 714 g/mol. The van der Waals surface area contributed by atoms with Crippen molar-refractivity contribution in [2.45, 2.75) is 0 Å². The van der Waals surface area contributed by atoms with Crippen molar-refractivity contribution in [3.8, 4) is 33.4 Å². The Morgan fingerprint density at radius 3 is 1.64 bits per heavy atom. The highest BCUT2D eigenvalue weighted by Gasteiger charge is 2.25. The lowest BCUT2D eigenvalue weighted by Gasteiger charge is -2.31. The van der Waals surface area contributed by atoms with Crippen molar-refractivity contribution in [3.05, 3.63) is 212 Å². The molecule has 2 nitrogen and oxygen atoms in total. The maximum absolute atomic E-state index is 6.38. The van der Waals surface area contributed by atoms with E-state index in [2.05, 4.69) is 211 Å². The van der Waals surface area contributed by atoms with Gasteiger partial charge in [-0.15, -0.1) is 0 Å². The minimum Gasteiger partial charge on any atom is -0.456 e. The van der Waals surface area contributed by atoms with Crippen LogP contribution >= 0.6 is 0 Å². The van der Waals surface area contributed by atoms with E-state index in [1.807, 2.05) is 6.07 Å². The van der Waals surface area contributed by atoms with Crippen LogP contribution in [-0.4, -0.2) is 0 Å². The molecule has 0 N–H and O–H groups in total. The molecule has 56 heavy (non-hydrogen) atoms. The third-order valence-corrected chi connectivity index (χ3v) is 11.2. The second kappa shape index (κ2) is 13.2. The molecule has 0 amide bonds. The van der Waals surface area contributed by atoms with Gasteiger partial charge in [0.25, 0.3) is 0 Å². The minimum atomic E-state index is 0.872. The van der Waals surface area contributed by atoms with Crippen molar-refractivity contribution in [2.75, 3.05) is 4.90 Å². The maximum atomic E-state index is 6.38. The molecule has 0 unspecified atom stereocenters. The summed E-state index contributed by atoms with van der Waals surface area (Å²) >= 11 is 0. The predicted octanol–water partition coefficient (Wildman–Crippen LogP) is 15.5. The summed E-state index contributed by atoms with van der Waals surface area (Å²) in [5.74, 6) is 0.